The molecule has 0 aliphatic rings. The standard InChI is InChI=1S/C24H33N3O5S/c1-5-6-16-25-24(29)19(2)26(17-20-10-8-7-9-11-20)23(28)18-27(33(4,30)31)21-12-14-22(32-3)15-13-21/h7-15,19H,5-6,16-18H2,1-4H3,(H,25,29)/t19-/m0/s1. The molecule has 0 aromatic heterocycles. The molecule has 0 saturated heterocycles. The predicted octanol–water partition coefficient (Wildman–Crippen LogP) is 2.79. The highest BCUT2D eigenvalue weighted by Crippen LogP contribution is 2.22. The molecule has 0 radical (unpaired) electrons. The first kappa shape index (κ1) is 26.2. The Hall–Kier alpha value is -3.07. The first-order valence-corrected chi connectivity index (χ1v) is 12.7. The fraction of sp³-hybridized carbons (Fsp3) is 0.417. The predicted molar refractivity (Wildman–Crippen MR) is 130 cm³/mol. The number of amides is 2. The van der Waals surface area contributed by atoms with Crippen LogP contribution >= 0.6 is 0 Å². The molecular weight excluding hydrogens is 442 g/mol. The molecule has 0 spiro atoms. The number of unbranched alkanes of at least 4 members (excludes halogenated alkanes) is 1. The molecule has 1 atom stereocenters. The Morgan fingerprint density at radius 3 is 2.24 bits per heavy atom. The summed E-state index contributed by atoms with van der Waals surface area (Å²) < 4.78 is 31.2. The van der Waals surface area contributed by atoms with E-state index in [0.717, 1.165) is 29.0 Å². The van der Waals surface area contributed by atoms with Gasteiger partial charge in [-0.2, -0.15) is 0 Å². The van der Waals surface area contributed by atoms with Crippen molar-refractivity contribution < 1.29 is 22.7 Å². The van der Waals surface area contributed by atoms with Crippen molar-refractivity contribution >= 4 is 27.5 Å². The topological polar surface area (TPSA) is 96.0 Å². The quantitative estimate of drug-likeness (QED) is 0.476. The average Bonchev–Trinajstić information content (AvgIpc) is 2.80. The van der Waals surface area contributed by atoms with E-state index in [-0.39, 0.29) is 12.5 Å². The van der Waals surface area contributed by atoms with E-state index in [9.17, 15) is 18.0 Å². The van der Waals surface area contributed by atoms with Crippen LogP contribution in [0.4, 0.5) is 5.69 Å². The van der Waals surface area contributed by atoms with Gasteiger partial charge in [-0.1, -0.05) is 43.7 Å². The second-order valence-corrected chi connectivity index (χ2v) is 9.70. The molecule has 0 saturated carbocycles. The highest BCUT2D eigenvalue weighted by Gasteiger charge is 2.29. The summed E-state index contributed by atoms with van der Waals surface area (Å²) >= 11 is 0. The number of carbonyl (C=O) groups excluding carboxylic acids is 2. The molecule has 2 amide bonds. The van der Waals surface area contributed by atoms with Crippen LogP contribution in [0.5, 0.6) is 5.75 Å². The lowest BCUT2D eigenvalue weighted by Gasteiger charge is -2.31. The van der Waals surface area contributed by atoms with Gasteiger partial charge in [-0.05, 0) is 43.2 Å². The van der Waals surface area contributed by atoms with E-state index < -0.39 is 28.5 Å². The molecule has 0 unspecified atom stereocenters. The van der Waals surface area contributed by atoms with E-state index >= 15 is 0 Å². The Morgan fingerprint density at radius 1 is 1.06 bits per heavy atom. The minimum absolute atomic E-state index is 0.183. The Balaban J connectivity index is 2.30. The third-order valence-electron chi connectivity index (χ3n) is 5.23. The van der Waals surface area contributed by atoms with Gasteiger partial charge in [0.15, 0.2) is 0 Å². The summed E-state index contributed by atoms with van der Waals surface area (Å²) in [6, 6.07) is 14.9. The van der Waals surface area contributed by atoms with Gasteiger partial charge in [-0.3, -0.25) is 13.9 Å². The number of benzene rings is 2. The largest absolute Gasteiger partial charge is 0.497 e. The van der Waals surface area contributed by atoms with Crippen molar-refractivity contribution in [3.63, 3.8) is 0 Å². The Labute approximate surface area is 196 Å². The summed E-state index contributed by atoms with van der Waals surface area (Å²) in [4.78, 5) is 27.5. The minimum atomic E-state index is -3.76. The van der Waals surface area contributed by atoms with Crippen LogP contribution in [0.2, 0.25) is 0 Å². The summed E-state index contributed by atoms with van der Waals surface area (Å²) in [5.74, 6) is -0.178. The second-order valence-electron chi connectivity index (χ2n) is 7.80. The third-order valence-corrected chi connectivity index (χ3v) is 6.37. The molecule has 2 aromatic carbocycles. The van der Waals surface area contributed by atoms with E-state index in [1.54, 1.807) is 31.2 Å². The third kappa shape index (κ3) is 7.78. The number of ether oxygens (including phenoxy) is 1. The number of nitrogens with one attached hydrogen (secondary N) is 1. The molecule has 8 nitrogen and oxygen atoms in total. The van der Waals surface area contributed by atoms with Crippen LogP contribution in [0, 0.1) is 0 Å². The van der Waals surface area contributed by atoms with E-state index in [1.807, 2.05) is 37.3 Å². The molecule has 33 heavy (non-hydrogen) atoms. The molecule has 0 aliphatic heterocycles. The number of hydrogen-bond acceptors (Lipinski definition) is 5. The van der Waals surface area contributed by atoms with Crippen molar-refractivity contribution in [2.45, 2.75) is 39.3 Å². The van der Waals surface area contributed by atoms with Crippen LogP contribution in [0.1, 0.15) is 32.3 Å². The monoisotopic (exact) mass is 475 g/mol. The maximum absolute atomic E-state index is 13.4. The fourth-order valence-corrected chi connectivity index (χ4v) is 4.11. The Kier molecular flexibility index (Phi) is 9.72. The number of methoxy groups -OCH3 is 1. The lowest BCUT2D eigenvalue weighted by Crippen LogP contribution is -2.51. The van der Waals surface area contributed by atoms with E-state index in [2.05, 4.69) is 5.32 Å². The summed E-state index contributed by atoms with van der Waals surface area (Å²) in [6.45, 7) is 3.96. The van der Waals surface area contributed by atoms with Crippen LogP contribution in [0.15, 0.2) is 54.6 Å². The summed E-state index contributed by atoms with van der Waals surface area (Å²) in [5.41, 5.74) is 1.18. The number of nitrogens with zero attached hydrogens (tertiary/aromatic N) is 2. The zero-order chi connectivity index (χ0) is 24.4. The lowest BCUT2D eigenvalue weighted by atomic mass is 10.1. The molecule has 2 aromatic rings. The van der Waals surface area contributed by atoms with Gasteiger partial charge in [0.1, 0.15) is 18.3 Å². The molecule has 0 bridgehead atoms. The summed E-state index contributed by atoms with van der Waals surface area (Å²) in [7, 11) is -2.24. The van der Waals surface area contributed by atoms with Gasteiger partial charge in [0.05, 0.1) is 19.1 Å². The van der Waals surface area contributed by atoms with Crippen LogP contribution in [0.25, 0.3) is 0 Å². The second kappa shape index (κ2) is 12.2. The minimum Gasteiger partial charge on any atom is -0.497 e. The summed E-state index contributed by atoms with van der Waals surface area (Å²) in [5, 5.41) is 2.85. The number of carbonyl (C=O) groups is 2. The van der Waals surface area contributed by atoms with Gasteiger partial charge in [0, 0.05) is 13.1 Å². The van der Waals surface area contributed by atoms with Crippen LogP contribution in [0.3, 0.4) is 0 Å². The van der Waals surface area contributed by atoms with Crippen molar-refractivity contribution in [2.24, 2.45) is 0 Å². The van der Waals surface area contributed by atoms with Crippen LogP contribution in [-0.2, 0) is 26.2 Å². The molecule has 9 heteroatoms. The average molecular weight is 476 g/mol. The van der Waals surface area contributed by atoms with Crippen molar-refractivity contribution in [2.75, 3.05) is 30.8 Å². The molecular formula is C24H33N3O5S. The Bertz CT molecular complexity index is 1010. The zero-order valence-electron chi connectivity index (χ0n) is 19.7. The van der Waals surface area contributed by atoms with Crippen molar-refractivity contribution in [3.8, 4) is 5.75 Å². The first-order chi connectivity index (χ1) is 15.7. The van der Waals surface area contributed by atoms with Gasteiger partial charge in [-0.25, -0.2) is 8.42 Å². The van der Waals surface area contributed by atoms with Crippen LogP contribution < -0.4 is 14.4 Å². The highest BCUT2D eigenvalue weighted by atomic mass is 32.2. The van der Waals surface area contributed by atoms with E-state index in [0.29, 0.717) is 18.0 Å². The normalized spacial score (nSPS) is 12.0. The summed E-state index contributed by atoms with van der Waals surface area (Å²) in [6.07, 6.45) is 2.82. The number of anilines is 1. The number of sulfonamides is 1. The van der Waals surface area contributed by atoms with Gasteiger partial charge < -0.3 is 15.0 Å². The van der Waals surface area contributed by atoms with Gasteiger partial charge in [0.25, 0.3) is 0 Å². The lowest BCUT2D eigenvalue weighted by molar-refractivity contribution is -0.139. The zero-order valence-corrected chi connectivity index (χ0v) is 20.5. The maximum Gasteiger partial charge on any atom is 0.244 e. The fourth-order valence-electron chi connectivity index (χ4n) is 3.26. The van der Waals surface area contributed by atoms with Crippen molar-refractivity contribution in [1.29, 1.82) is 0 Å². The Morgan fingerprint density at radius 2 is 1.70 bits per heavy atom. The number of hydrogen-bond donors (Lipinski definition) is 1. The molecule has 0 fully saturated rings. The van der Waals surface area contributed by atoms with Gasteiger partial charge >= 0.3 is 0 Å². The van der Waals surface area contributed by atoms with E-state index in [1.165, 1.54) is 12.0 Å². The van der Waals surface area contributed by atoms with Crippen molar-refractivity contribution in [1.82, 2.24) is 10.2 Å². The van der Waals surface area contributed by atoms with E-state index in [4.69, 9.17) is 4.74 Å². The molecule has 2 rings (SSSR count). The van der Waals surface area contributed by atoms with Gasteiger partial charge in [-0.15, -0.1) is 0 Å². The smallest absolute Gasteiger partial charge is 0.244 e. The molecule has 0 heterocycles. The molecule has 180 valence electrons. The molecule has 1 N–H and O–H groups in total. The first-order valence-electron chi connectivity index (χ1n) is 10.9. The molecule has 0 aliphatic carbocycles. The maximum atomic E-state index is 13.4. The highest BCUT2D eigenvalue weighted by molar-refractivity contribution is 7.92. The van der Waals surface area contributed by atoms with Gasteiger partial charge in [0.2, 0.25) is 21.8 Å². The SMILES string of the molecule is CCCCNC(=O)[C@H](C)N(Cc1ccccc1)C(=O)CN(c1ccc(OC)cc1)S(C)(=O)=O. The van der Waals surface area contributed by atoms with Crippen LogP contribution in [-0.4, -0.2) is 57.6 Å². The number of rotatable bonds is 12. The van der Waals surface area contributed by atoms with Crippen molar-refractivity contribution in [3.05, 3.63) is 60.2 Å².